The Morgan fingerprint density at radius 2 is 2.29 bits per heavy atom. The smallest absolute Gasteiger partial charge is 0.160 e. The number of hydrogen-bond donors (Lipinski definition) is 1. The molecule has 1 aliphatic heterocycles. The van der Waals surface area contributed by atoms with Gasteiger partial charge in [-0.25, -0.2) is 0 Å². The summed E-state index contributed by atoms with van der Waals surface area (Å²) in [4.78, 5) is 2.44. The van der Waals surface area contributed by atoms with Gasteiger partial charge in [0.05, 0.1) is 0 Å². The van der Waals surface area contributed by atoms with Crippen molar-refractivity contribution in [1.82, 2.24) is 19.5 Å². The number of anilines is 1. The average Bonchev–Trinajstić information content (AvgIpc) is 2.93. The molecule has 1 fully saturated rings. The predicted molar refractivity (Wildman–Crippen MR) is 66.9 cm³/mol. The van der Waals surface area contributed by atoms with Gasteiger partial charge in [-0.1, -0.05) is 6.92 Å². The molecular weight excluding hydrogens is 214 g/mol. The van der Waals surface area contributed by atoms with Crippen LogP contribution >= 0.6 is 0 Å². The molecule has 2 aromatic heterocycles. The molecule has 3 heterocycles. The molecular formula is C12H17N5. The zero-order valence-electron chi connectivity index (χ0n) is 10.0. The summed E-state index contributed by atoms with van der Waals surface area (Å²) >= 11 is 0. The molecule has 2 N–H and O–H groups in total. The molecule has 0 bridgehead atoms. The highest BCUT2D eigenvalue weighted by molar-refractivity contribution is 5.47. The number of aromatic nitrogens is 3. The van der Waals surface area contributed by atoms with E-state index in [1.54, 1.807) is 0 Å². The maximum absolute atomic E-state index is 5.82. The zero-order valence-corrected chi connectivity index (χ0v) is 10.0. The summed E-state index contributed by atoms with van der Waals surface area (Å²) in [5.74, 6) is 1.52. The lowest BCUT2D eigenvalue weighted by Gasteiger charge is -2.12. The van der Waals surface area contributed by atoms with E-state index in [9.17, 15) is 0 Å². The van der Waals surface area contributed by atoms with Crippen LogP contribution in [0.3, 0.4) is 0 Å². The molecule has 17 heavy (non-hydrogen) atoms. The molecule has 90 valence electrons. The van der Waals surface area contributed by atoms with E-state index >= 15 is 0 Å². The summed E-state index contributed by atoms with van der Waals surface area (Å²) in [6, 6.07) is 3.78. The third kappa shape index (κ3) is 1.76. The third-order valence-electron chi connectivity index (χ3n) is 3.54. The van der Waals surface area contributed by atoms with Gasteiger partial charge < -0.3 is 10.6 Å². The van der Waals surface area contributed by atoms with Gasteiger partial charge in [-0.05, 0) is 31.6 Å². The van der Waals surface area contributed by atoms with Gasteiger partial charge in [0, 0.05) is 24.3 Å². The number of likely N-dealkylation sites (N-methyl/N-ethyl adjacent to an activating group) is 1. The first-order chi connectivity index (χ1) is 8.28. The first-order valence-corrected chi connectivity index (χ1v) is 6.10. The van der Waals surface area contributed by atoms with Crippen molar-refractivity contribution in [3.05, 3.63) is 24.2 Å². The molecule has 3 rings (SSSR count). The summed E-state index contributed by atoms with van der Waals surface area (Å²) < 4.78 is 2.03. The van der Waals surface area contributed by atoms with Crippen molar-refractivity contribution < 1.29 is 0 Å². The molecule has 1 aliphatic rings. The molecule has 2 aromatic rings. The molecule has 1 saturated heterocycles. The monoisotopic (exact) mass is 231 g/mol. The minimum Gasteiger partial charge on any atom is -0.398 e. The van der Waals surface area contributed by atoms with Crippen LogP contribution in [-0.4, -0.2) is 39.1 Å². The van der Waals surface area contributed by atoms with Crippen LogP contribution in [0.15, 0.2) is 18.3 Å². The molecule has 0 radical (unpaired) electrons. The second kappa shape index (κ2) is 4.00. The Morgan fingerprint density at radius 3 is 3.06 bits per heavy atom. The first-order valence-electron chi connectivity index (χ1n) is 6.10. The second-order valence-corrected chi connectivity index (χ2v) is 4.63. The van der Waals surface area contributed by atoms with Crippen LogP contribution in [0.4, 0.5) is 5.69 Å². The second-order valence-electron chi connectivity index (χ2n) is 4.63. The van der Waals surface area contributed by atoms with Crippen LogP contribution in [0.25, 0.3) is 5.65 Å². The van der Waals surface area contributed by atoms with Gasteiger partial charge in [0.15, 0.2) is 5.65 Å². The maximum atomic E-state index is 5.82. The molecule has 0 saturated carbocycles. The fourth-order valence-electron chi connectivity index (χ4n) is 2.53. The molecule has 0 amide bonds. The standard InChI is InChI=1S/C12H17N5/c1-2-16-6-5-9(7-16)12-15-14-11-4-3-10(13)8-17(11)12/h3-4,8-9H,2,5-7,13H2,1H3. The molecule has 1 atom stereocenters. The molecule has 5 nitrogen and oxygen atoms in total. The minimum absolute atomic E-state index is 0.478. The van der Waals surface area contributed by atoms with E-state index in [-0.39, 0.29) is 0 Å². The van der Waals surface area contributed by atoms with Crippen molar-refractivity contribution in [2.75, 3.05) is 25.4 Å². The Labute approximate surface area is 100 Å². The highest BCUT2D eigenvalue weighted by Crippen LogP contribution is 2.26. The lowest BCUT2D eigenvalue weighted by atomic mass is 10.1. The normalized spacial score (nSPS) is 21.4. The Balaban J connectivity index is 1.98. The van der Waals surface area contributed by atoms with Crippen molar-refractivity contribution in [3.63, 3.8) is 0 Å². The van der Waals surface area contributed by atoms with Gasteiger partial charge in [-0.3, -0.25) is 4.40 Å². The Kier molecular flexibility index (Phi) is 2.48. The van der Waals surface area contributed by atoms with Crippen molar-refractivity contribution in [3.8, 4) is 0 Å². The zero-order chi connectivity index (χ0) is 11.8. The van der Waals surface area contributed by atoms with Crippen molar-refractivity contribution >= 4 is 11.3 Å². The SMILES string of the molecule is CCN1CCC(c2nnc3ccc(N)cn23)C1. The Morgan fingerprint density at radius 1 is 1.41 bits per heavy atom. The number of nitrogens with zero attached hydrogens (tertiary/aromatic N) is 4. The summed E-state index contributed by atoms with van der Waals surface area (Å²) in [5.41, 5.74) is 7.45. The summed E-state index contributed by atoms with van der Waals surface area (Å²) in [7, 11) is 0. The van der Waals surface area contributed by atoms with Crippen molar-refractivity contribution in [2.24, 2.45) is 0 Å². The van der Waals surface area contributed by atoms with Gasteiger partial charge in [-0.15, -0.1) is 10.2 Å². The maximum Gasteiger partial charge on any atom is 0.160 e. The van der Waals surface area contributed by atoms with Crippen LogP contribution in [0.5, 0.6) is 0 Å². The third-order valence-corrected chi connectivity index (χ3v) is 3.54. The topological polar surface area (TPSA) is 59.5 Å². The van der Waals surface area contributed by atoms with E-state index in [1.165, 1.54) is 0 Å². The number of nitrogens with two attached hydrogens (primary N) is 1. The molecule has 0 aromatic carbocycles. The number of pyridine rings is 1. The van der Waals surface area contributed by atoms with E-state index in [4.69, 9.17) is 5.73 Å². The summed E-state index contributed by atoms with van der Waals surface area (Å²) in [6.07, 6.45) is 3.07. The summed E-state index contributed by atoms with van der Waals surface area (Å²) in [6.45, 7) is 5.53. The molecule has 0 spiro atoms. The summed E-state index contributed by atoms with van der Waals surface area (Å²) in [5, 5.41) is 8.51. The van der Waals surface area contributed by atoms with Crippen molar-refractivity contribution in [2.45, 2.75) is 19.3 Å². The Bertz CT molecular complexity index is 533. The van der Waals surface area contributed by atoms with Gasteiger partial charge >= 0.3 is 0 Å². The number of likely N-dealkylation sites (tertiary alicyclic amines) is 1. The predicted octanol–water partition coefficient (Wildman–Crippen LogP) is 1.12. The van der Waals surface area contributed by atoms with Crippen LogP contribution in [0.1, 0.15) is 25.1 Å². The largest absolute Gasteiger partial charge is 0.398 e. The van der Waals surface area contributed by atoms with E-state index in [2.05, 4.69) is 22.0 Å². The van der Waals surface area contributed by atoms with E-state index in [0.717, 1.165) is 43.2 Å². The van der Waals surface area contributed by atoms with Crippen LogP contribution in [0, 0.1) is 0 Å². The van der Waals surface area contributed by atoms with Gasteiger partial charge in [0.1, 0.15) is 5.82 Å². The number of rotatable bonds is 2. The van der Waals surface area contributed by atoms with E-state index in [1.807, 2.05) is 22.7 Å². The van der Waals surface area contributed by atoms with Crippen molar-refractivity contribution in [1.29, 1.82) is 0 Å². The first kappa shape index (κ1) is 10.5. The fraction of sp³-hybridized carbons (Fsp3) is 0.500. The van der Waals surface area contributed by atoms with Crippen LogP contribution in [0.2, 0.25) is 0 Å². The average molecular weight is 231 g/mol. The van der Waals surface area contributed by atoms with Gasteiger partial charge in [0.2, 0.25) is 0 Å². The lowest BCUT2D eigenvalue weighted by molar-refractivity contribution is 0.352. The molecule has 5 heteroatoms. The van der Waals surface area contributed by atoms with E-state index in [0.29, 0.717) is 5.92 Å². The minimum atomic E-state index is 0.478. The number of fused-ring (bicyclic) bond motifs is 1. The highest BCUT2D eigenvalue weighted by atomic mass is 15.3. The number of nitrogen functional groups attached to an aromatic ring is 1. The quantitative estimate of drug-likeness (QED) is 0.841. The van der Waals surface area contributed by atoms with Gasteiger partial charge in [0.25, 0.3) is 0 Å². The fourth-order valence-corrected chi connectivity index (χ4v) is 2.53. The molecule has 0 aliphatic carbocycles. The van der Waals surface area contributed by atoms with Crippen LogP contribution < -0.4 is 5.73 Å². The highest BCUT2D eigenvalue weighted by Gasteiger charge is 2.26. The number of hydrogen-bond acceptors (Lipinski definition) is 4. The lowest BCUT2D eigenvalue weighted by Crippen LogP contribution is -2.19. The van der Waals surface area contributed by atoms with Crippen LogP contribution in [-0.2, 0) is 0 Å². The van der Waals surface area contributed by atoms with Gasteiger partial charge in [-0.2, -0.15) is 0 Å². The van der Waals surface area contributed by atoms with E-state index < -0.39 is 0 Å². The molecule has 1 unspecified atom stereocenters. The Hall–Kier alpha value is -1.62.